The second-order valence-corrected chi connectivity index (χ2v) is 27.7. The average Bonchev–Trinajstić information content (AvgIpc) is 2.72. The first-order chi connectivity index (χ1) is 41.6. The predicted octanol–water partition coefficient (Wildman–Crippen LogP) is 7.00. The van der Waals surface area contributed by atoms with Crippen LogP contribution in [0.3, 0.4) is 0 Å². The van der Waals surface area contributed by atoms with Gasteiger partial charge in [-0.1, -0.05) is 116 Å². The van der Waals surface area contributed by atoms with Gasteiger partial charge in [0.25, 0.3) is 0 Å². The molecular weight excluding hydrogens is 1150 g/mol. The maximum atomic E-state index is 15.4. The van der Waals surface area contributed by atoms with Gasteiger partial charge in [0, 0.05) is 99.7 Å². The lowest BCUT2D eigenvalue weighted by atomic mass is 9.83. The Hall–Kier alpha value is -6.53. The van der Waals surface area contributed by atoms with Gasteiger partial charge in [-0.3, -0.25) is 57.5 Å². The van der Waals surface area contributed by atoms with Gasteiger partial charge in [-0.05, 0) is 87.4 Å². The summed E-state index contributed by atoms with van der Waals surface area (Å²) in [5.74, 6) is -13.1. The number of Topliss-reactive ketones (excluding diaryl/α,β-unsaturated/α-hetero) is 3. The van der Waals surface area contributed by atoms with Gasteiger partial charge < -0.3 is 44.4 Å². The highest BCUT2D eigenvalue weighted by molar-refractivity contribution is 6.00. The quantitative estimate of drug-likeness (QED) is 0.120. The topological polar surface area (TPSA) is 273 Å². The molecule has 8 amide bonds. The molecule has 0 aromatic heterocycles. The van der Waals surface area contributed by atoms with Gasteiger partial charge in [-0.15, -0.1) is 0 Å². The Bertz CT molecular complexity index is 2580. The van der Waals surface area contributed by atoms with Crippen molar-refractivity contribution in [2.75, 3.05) is 49.3 Å². The van der Waals surface area contributed by atoms with E-state index in [9.17, 15) is 43.6 Å². The summed E-state index contributed by atoms with van der Waals surface area (Å²) in [6.07, 6.45) is 1.98. The van der Waals surface area contributed by atoms with E-state index in [1.807, 2.05) is 47.6 Å². The molecule has 22 nitrogen and oxygen atoms in total. The number of hydrogen-bond acceptors (Lipinski definition) is 14. The lowest BCUT2D eigenvalue weighted by Gasteiger charge is -2.42. The average molecular weight is 1270 g/mol. The number of carbonyl (C=O) groups is 12. The summed E-state index contributed by atoms with van der Waals surface area (Å²) in [4.78, 5) is 185. The molecule has 22 heteroatoms. The summed E-state index contributed by atoms with van der Waals surface area (Å²) in [5, 5.41) is 12.7. The van der Waals surface area contributed by atoms with Crippen molar-refractivity contribution in [3.05, 3.63) is 12.2 Å². The minimum atomic E-state index is -1.63. The van der Waals surface area contributed by atoms with Crippen LogP contribution in [0.15, 0.2) is 12.2 Å². The van der Waals surface area contributed by atoms with Gasteiger partial charge in [0.05, 0.1) is 18.2 Å². The number of esters is 1. The third kappa shape index (κ3) is 22.1. The van der Waals surface area contributed by atoms with Gasteiger partial charge >= 0.3 is 5.97 Å². The van der Waals surface area contributed by atoms with E-state index in [4.69, 9.17) is 4.74 Å². The molecule has 0 unspecified atom stereocenters. The lowest BCUT2D eigenvalue weighted by Crippen LogP contribution is -2.64. The number of hydrogen-bond donors (Lipinski definition) is 1. The standard InChI is InChI=1S/C68H115N9O13/c1-26-28-29-44(14)60(90-48(18)78)59-61(82)70-50(27-2)65(86)71(19)47(17)63(84)76(24)58(43(13)30-31-69)56(81)37-49(41(9)10)64(85)72(20)51(32-38(3)4)55(80)35-45(15)54(79)36-46(16)62(83)73(21)52(33-39(5)6)66(87)74(22)53(34-40(7)8)67(88)75(23)57(42(11)12)68(89)77(59)25/h26,28,38-47,49-53,57-60H,27,29-30,32-37H2,1-25H3,(H,70,82)/b28-26+/t43-,44-,45-,46+,47-,49+,50+,51+,52+,53+,57+,58+,59+,60-/m1/s1. The van der Waals surface area contributed by atoms with Crippen molar-refractivity contribution >= 4 is 70.6 Å². The Morgan fingerprint density at radius 3 is 1.46 bits per heavy atom. The zero-order valence-electron chi connectivity index (χ0n) is 59.4. The number of nitriles is 1. The zero-order chi connectivity index (χ0) is 69.8. The van der Waals surface area contributed by atoms with Crippen LogP contribution in [-0.2, 0) is 62.3 Å². The van der Waals surface area contributed by atoms with E-state index in [0.29, 0.717) is 0 Å². The largest absolute Gasteiger partial charge is 0.459 e. The van der Waals surface area contributed by atoms with Gasteiger partial charge in [-0.2, -0.15) is 5.26 Å². The summed E-state index contributed by atoms with van der Waals surface area (Å²) in [6.45, 7) is 30.9. The zero-order valence-corrected chi connectivity index (χ0v) is 59.4. The Balaban J connectivity index is 4.52. The summed E-state index contributed by atoms with van der Waals surface area (Å²) in [5.41, 5.74) is 0. The molecule has 1 rings (SSSR count). The molecular formula is C68H115N9O13. The fraction of sp³-hybridized carbons (Fsp3) is 0.779. The van der Waals surface area contributed by atoms with E-state index >= 15 is 19.2 Å². The summed E-state index contributed by atoms with van der Waals surface area (Å²) < 4.78 is 5.95. The molecule has 14 atom stereocenters. The van der Waals surface area contributed by atoms with Crippen LogP contribution in [0.1, 0.15) is 182 Å². The van der Waals surface area contributed by atoms with Crippen LogP contribution in [0, 0.1) is 70.5 Å². The predicted molar refractivity (Wildman–Crippen MR) is 346 cm³/mol. The molecule has 1 heterocycles. The molecule has 510 valence electrons. The van der Waals surface area contributed by atoms with Gasteiger partial charge in [0.1, 0.15) is 48.1 Å². The molecule has 0 saturated carbocycles. The molecule has 1 aliphatic heterocycles. The monoisotopic (exact) mass is 1270 g/mol. The Labute approximate surface area is 539 Å². The van der Waals surface area contributed by atoms with Gasteiger partial charge in [0.2, 0.25) is 47.3 Å². The summed E-state index contributed by atoms with van der Waals surface area (Å²) in [6, 6.07) is -8.02. The van der Waals surface area contributed by atoms with Gasteiger partial charge in [0.15, 0.2) is 11.6 Å². The molecule has 1 aliphatic rings. The molecule has 0 aromatic carbocycles. The summed E-state index contributed by atoms with van der Waals surface area (Å²) in [7, 11) is 9.99. The Morgan fingerprint density at radius 2 is 1.00 bits per heavy atom. The van der Waals surface area contributed by atoms with Crippen LogP contribution in [0.25, 0.3) is 0 Å². The van der Waals surface area contributed by atoms with Crippen LogP contribution in [0.2, 0.25) is 0 Å². The number of rotatable bonds is 16. The fourth-order valence-corrected chi connectivity index (χ4v) is 12.2. The second kappa shape index (κ2) is 37.1. The highest BCUT2D eigenvalue weighted by Gasteiger charge is 2.47. The van der Waals surface area contributed by atoms with Crippen LogP contribution >= 0.6 is 0 Å². The first-order valence-corrected chi connectivity index (χ1v) is 32.5. The SMILES string of the molecule is C/C=C/C[C@@H](C)[C@@H](OC(C)=O)[C@H]1C(=O)N[C@@H](CC)C(=O)N(C)[C@H](C)C(=O)N(C)[C@@H]([C@H](C)CC#N)C(=O)C[C@@H](C(C)C)C(=O)N(C)[C@@H](CC(C)C)C(=O)C[C@@H](C)C(=O)C[C@H](C)C(=O)N(C)[C@@H](CC(C)C)C(=O)N(C)[C@@H](CC(C)C)C(=O)N(C)[C@@H](C(C)C)C(=O)N1C. The van der Waals surface area contributed by atoms with Crippen LogP contribution in [0.5, 0.6) is 0 Å². The van der Waals surface area contributed by atoms with E-state index in [1.165, 1.54) is 87.7 Å². The van der Waals surface area contributed by atoms with E-state index in [2.05, 4.69) is 11.4 Å². The van der Waals surface area contributed by atoms with Crippen molar-refractivity contribution in [2.45, 2.75) is 237 Å². The molecule has 0 aromatic rings. The molecule has 0 bridgehead atoms. The van der Waals surface area contributed by atoms with Crippen molar-refractivity contribution in [1.82, 2.24) is 39.6 Å². The molecule has 0 aliphatic carbocycles. The van der Waals surface area contributed by atoms with Crippen LogP contribution < -0.4 is 5.32 Å². The van der Waals surface area contributed by atoms with Crippen molar-refractivity contribution in [1.29, 1.82) is 5.26 Å². The number of carbonyl (C=O) groups excluding carboxylic acids is 12. The number of likely N-dealkylation sites (N-methyl/N-ethyl adjacent to an activating group) is 7. The van der Waals surface area contributed by atoms with Crippen molar-refractivity contribution in [3.63, 3.8) is 0 Å². The number of nitrogens with one attached hydrogen (secondary N) is 1. The number of ketones is 3. The molecule has 0 spiro atoms. The van der Waals surface area contributed by atoms with E-state index in [1.54, 1.807) is 75.3 Å². The Kier molecular flexibility index (Phi) is 33.6. The highest BCUT2D eigenvalue weighted by Crippen LogP contribution is 2.30. The third-order valence-corrected chi connectivity index (χ3v) is 18.0. The van der Waals surface area contributed by atoms with E-state index in [0.717, 1.165) is 9.80 Å². The van der Waals surface area contributed by atoms with Crippen molar-refractivity contribution in [3.8, 4) is 6.07 Å². The fourth-order valence-electron chi connectivity index (χ4n) is 12.2. The smallest absolute Gasteiger partial charge is 0.303 e. The number of amides is 8. The van der Waals surface area contributed by atoms with Crippen molar-refractivity contribution in [2.24, 2.45) is 59.2 Å². The third-order valence-electron chi connectivity index (χ3n) is 18.0. The molecule has 90 heavy (non-hydrogen) atoms. The number of nitrogens with zero attached hydrogens (tertiary/aromatic N) is 8. The normalized spacial score (nSPS) is 27.3. The second-order valence-electron chi connectivity index (χ2n) is 27.7. The Morgan fingerprint density at radius 1 is 0.544 bits per heavy atom. The van der Waals surface area contributed by atoms with E-state index in [-0.39, 0.29) is 81.3 Å². The van der Waals surface area contributed by atoms with Crippen LogP contribution in [0.4, 0.5) is 0 Å². The van der Waals surface area contributed by atoms with Crippen molar-refractivity contribution < 1.29 is 62.3 Å². The molecule has 1 fully saturated rings. The number of allylic oxidation sites excluding steroid dienone is 2. The molecule has 1 N–H and O–H groups in total. The summed E-state index contributed by atoms with van der Waals surface area (Å²) >= 11 is 0. The van der Waals surface area contributed by atoms with Gasteiger partial charge in [-0.25, -0.2) is 0 Å². The van der Waals surface area contributed by atoms with E-state index < -0.39 is 161 Å². The molecule has 0 radical (unpaired) electrons. The molecule has 1 saturated heterocycles. The minimum Gasteiger partial charge on any atom is -0.459 e. The maximum Gasteiger partial charge on any atom is 0.303 e. The van der Waals surface area contributed by atoms with Crippen LogP contribution in [-0.4, -0.2) is 209 Å². The first-order valence-electron chi connectivity index (χ1n) is 32.5. The highest BCUT2D eigenvalue weighted by atomic mass is 16.5. The lowest BCUT2D eigenvalue weighted by molar-refractivity contribution is -0.164. The number of ether oxygens (including phenoxy) is 1. The first kappa shape index (κ1) is 81.5. The maximum absolute atomic E-state index is 15.4. The minimum absolute atomic E-state index is 0.0289.